The number of allylic oxidation sites excluding steroid dienone is 7. The van der Waals surface area contributed by atoms with E-state index in [4.69, 9.17) is 11.6 Å². The molecule has 17 heavy (non-hydrogen) atoms. The minimum atomic E-state index is -0.306. The van der Waals surface area contributed by atoms with Gasteiger partial charge in [-0.25, -0.2) is 9.38 Å². The normalized spacial score (nSPS) is 14.3. The number of nitrogens with zero attached hydrogens (tertiary/aromatic N) is 1. The van der Waals surface area contributed by atoms with E-state index in [-0.39, 0.29) is 5.83 Å². The van der Waals surface area contributed by atoms with Crippen LogP contribution in [0.4, 0.5) is 4.39 Å². The third-order valence-corrected chi connectivity index (χ3v) is 2.33. The predicted molar refractivity (Wildman–Crippen MR) is 75.1 cm³/mol. The van der Waals surface area contributed by atoms with Crippen molar-refractivity contribution in [2.45, 2.75) is 34.6 Å². The summed E-state index contributed by atoms with van der Waals surface area (Å²) in [5.41, 5.74) is 2.94. The van der Waals surface area contributed by atoms with E-state index in [1.807, 2.05) is 27.7 Å². The van der Waals surface area contributed by atoms with E-state index in [1.54, 1.807) is 6.92 Å². The topological polar surface area (TPSA) is 12.4 Å². The molecule has 0 aliphatic carbocycles. The van der Waals surface area contributed by atoms with Crippen molar-refractivity contribution in [2.24, 2.45) is 4.99 Å². The molecule has 0 radical (unpaired) electrons. The molecule has 0 rings (SSSR count). The summed E-state index contributed by atoms with van der Waals surface area (Å²) in [6, 6.07) is 0. The Hall–Kier alpha value is -1.15. The molecule has 1 nitrogen and oxygen atoms in total. The maximum absolute atomic E-state index is 13.9. The molecule has 0 bridgehead atoms. The van der Waals surface area contributed by atoms with E-state index in [1.165, 1.54) is 12.2 Å². The number of hydrogen-bond acceptors (Lipinski definition) is 1. The Labute approximate surface area is 108 Å². The van der Waals surface area contributed by atoms with Gasteiger partial charge in [-0.05, 0) is 46.3 Å². The van der Waals surface area contributed by atoms with Crippen LogP contribution in [0.15, 0.2) is 52.0 Å². The maximum atomic E-state index is 13.9. The van der Waals surface area contributed by atoms with Crippen molar-refractivity contribution in [3.05, 3.63) is 47.0 Å². The highest BCUT2D eigenvalue weighted by molar-refractivity contribution is 6.64. The van der Waals surface area contributed by atoms with Crippen LogP contribution in [0.3, 0.4) is 0 Å². The molecular formula is C14H19ClFN. The summed E-state index contributed by atoms with van der Waals surface area (Å²) in [5.74, 6) is -0.306. The summed E-state index contributed by atoms with van der Waals surface area (Å²) >= 11 is 5.72. The Morgan fingerprint density at radius 1 is 1.18 bits per heavy atom. The molecule has 0 spiro atoms. The lowest BCUT2D eigenvalue weighted by atomic mass is 9.99. The smallest absolute Gasteiger partial charge is 0.130 e. The number of hydrogen-bond donors (Lipinski definition) is 0. The van der Waals surface area contributed by atoms with E-state index < -0.39 is 0 Å². The van der Waals surface area contributed by atoms with Crippen LogP contribution in [0.25, 0.3) is 0 Å². The van der Waals surface area contributed by atoms with Crippen LogP contribution in [-0.2, 0) is 0 Å². The van der Waals surface area contributed by atoms with Gasteiger partial charge in [-0.1, -0.05) is 29.8 Å². The molecule has 0 aromatic carbocycles. The Balaban J connectivity index is 5.71. The number of rotatable bonds is 4. The lowest BCUT2D eigenvalue weighted by molar-refractivity contribution is 0.651. The van der Waals surface area contributed by atoms with Crippen molar-refractivity contribution in [3.63, 3.8) is 0 Å². The van der Waals surface area contributed by atoms with Gasteiger partial charge in [0.2, 0.25) is 0 Å². The van der Waals surface area contributed by atoms with Gasteiger partial charge >= 0.3 is 0 Å². The van der Waals surface area contributed by atoms with Gasteiger partial charge in [-0.3, -0.25) is 0 Å². The first-order chi connectivity index (χ1) is 7.81. The third kappa shape index (κ3) is 5.14. The van der Waals surface area contributed by atoms with Crippen molar-refractivity contribution in [1.29, 1.82) is 0 Å². The van der Waals surface area contributed by atoms with E-state index in [9.17, 15) is 4.39 Å². The van der Waals surface area contributed by atoms with Crippen LogP contribution in [0.1, 0.15) is 34.6 Å². The molecule has 0 aromatic heterocycles. The molecule has 94 valence electrons. The van der Waals surface area contributed by atoms with Gasteiger partial charge in [0.1, 0.15) is 11.0 Å². The van der Waals surface area contributed by atoms with Crippen molar-refractivity contribution in [1.82, 2.24) is 0 Å². The van der Waals surface area contributed by atoms with Gasteiger partial charge in [-0.2, -0.15) is 0 Å². The lowest BCUT2D eigenvalue weighted by Gasteiger charge is -2.10. The average Bonchev–Trinajstić information content (AvgIpc) is 2.16. The lowest BCUT2D eigenvalue weighted by Crippen LogP contribution is -1.94. The molecule has 0 aliphatic heterocycles. The monoisotopic (exact) mass is 255 g/mol. The molecule has 0 N–H and O–H groups in total. The van der Waals surface area contributed by atoms with Crippen molar-refractivity contribution < 1.29 is 4.39 Å². The van der Waals surface area contributed by atoms with Gasteiger partial charge in [-0.15, -0.1) is 0 Å². The quantitative estimate of drug-likeness (QED) is 0.477. The summed E-state index contributed by atoms with van der Waals surface area (Å²) in [6.07, 6.45) is 2.77. The highest BCUT2D eigenvalue weighted by Crippen LogP contribution is 2.27. The summed E-state index contributed by atoms with van der Waals surface area (Å²) < 4.78 is 13.9. The Morgan fingerprint density at radius 3 is 2.06 bits per heavy atom. The van der Waals surface area contributed by atoms with Gasteiger partial charge < -0.3 is 0 Å². The number of aliphatic imine (C=N–C) groups is 1. The second-order valence-corrected chi connectivity index (χ2v) is 4.49. The zero-order valence-electron chi connectivity index (χ0n) is 11.1. The van der Waals surface area contributed by atoms with Crippen LogP contribution < -0.4 is 0 Å². The second-order valence-electron chi connectivity index (χ2n) is 3.94. The largest absolute Gasteiger partial charge is 0.246 e. The average molecular weight is 256 g/mol. The molecule has 0 heterocycles. The van der Waals surface area contributed by atoms with Crippen molar-refractivity contribution in [3.8, 4) is 0 Å². The van der Waals surface area contributed by atoms with Gasteiger partial charge in [0.05, 0.1) is 0 Å². The van der Waals surface area contributed by atoms with Crippen molar-refractivity contribution >= 4 is 16.8 Å². The van der Waals surface area contributed by atoms with E-state index in [0.717, 1.165) is 11.1 Å². The first-order valence-electron chi connectivity index (χ1n) is 5.36. The molecule has 0 saturated heterocycles. The molecule has 0 amide bonds. The third-order valence-electron chi connectivity index (χ3n) is 2.24. The molecule has 0 atom stereocenters. The maximum Gasteiger partial charge on any atom is 0.130 e. The zero-order chi connectivity index (χ0) is 13.6. The zero-order valence-corrected chi connectivity index (χ0v) is 11.8. The Bertz CT molecular complexity index is 418. The van der Waals surface area contributed by atoms with E-state index >= 15 is 0 Å². The minimum Gasteiger partial charge on any atom is -0.246 e. The standard InChI is InChI=1S/C14H19ClFN/c1-7-8-13(16)14(9(2)3)10(4)11(5)17-12(6)15/h7-8H,1H2,2-6H3/b11-10+,13-8+,17-12+. The van der Waals surface area contributed by atoms with Crippen LogP contribution >= 0.6 is 11.6 Å². The fourth-order valence-corrected chi connectivity index (χ4v) is 1.60. The highest BCUT2D eigenvalue weighted by atomic mass is 35.5. The van der Waals surface area contributed by atoms with Crippen molar-refractivity contribution in [2.75, 3.05) is 0 Å². The van der Waals surface area contributed by atoms with E-state index in [2.05, 4.69) is 11.6 Å². The van der Waals surface area contributed by atoms with E-state index in [0.29, 0.717) is 16.4 Å². The second kappa shape index (κ2) is 7.23. The predicted octanol–water partition coefficient (Wildman–Crippen LogP) is 5.31. The van der Waals surface area contributed by atoms with Crippen LogP contribution in [-0.4, -0.2) is 5.17 Å². The minimum absolute atomic E-state index is 0.306. The van der Waals surface area contributed by atoms with Crippen LogP contribution in [0.5, 0.6) is 0 Å². The first-order valence-corrected chi connectivity index (χ1v) is 5.73. The fourth-order valence-electron chi connectivity index (χ4n) is 1.48. The Morgan fingerprint density at radius 2 is 1.71 bits per heavy atom. The first kappa shape index (κ1) is 15.9. The molecular weight excluding hydrogens is 237 g/mol. The molecule has 0 fully saturated rings. The van der Waals surface area contributed by atoms with Gasteiger partial charge in [0.25, 0.3) is 0 Å². The SMILES string of the molecule is C=C/C=C(/F)C(=C(C)C)/C(C)=C(C)/N=C(\C)Cl. The van der Waals surface area contributed by atoms with Gasteiger partial charge in [0, 0.05) is 11.3 Å². The molecule has 0 aliphatic rings. The number of halogens is 2. The molecule has 0 unspecified atom stereocenters. The summed E-state index contributed by atoms with van der Waals surface area (Å²) in [7, 11) is 0. The fraction of sp³-hybridized carbons (Fsp3) is 0.357. The van der Waals surface area contributed by atoms with Crippen LogP contribution in [0.2, 0.25) is 0 Å². The summed E-state index contributed by atoms with van der Waals surface area (Å²) in [5, 5.41) is 0.433. The molecule has 3 heteroatoms. The molecule has 0 saturated carbocycles. The van der Waals surface area contributed by atoms with Gasteiger partial charge in [0.15, 0.2) is 0 Å². The van der Waals surface area contributed by atoms with Crippen LogP contribution in [0, 0.1) is 0 Å². The summed E-state index contributed by atoms with van der Waals surface area (Å²) in [6.45, 7) is 12.5. The molecule has 0 aromatic rings. The highest BCUT2D eigenvalue weighted by Gasteiger charge is 2.10. The summed E-state index contributed by atoms with van der Waals surface area (Å²) in [4.78, 5) is 4.13. The Kier molecular flexibility index (Phi) is 6.74.